The number of hydrogen-bond acceptors (Lipinski definition) is 1. The highest BCUT2D eigenvalue weighted by Gasteiger charge is 2.21. The van der Waals surface area contributed by atoms with E-state index < -0.39 is 5.85 Å². The van der Waals surface area contributed by atoms with Crippen molar-refractivity contribution in [2.45, 2.75) is 0 Å². The molecule has 0 fully saturated rings. The number of benzene rings is 2. The molecule has 0 unspecified atom stereocenters. The lowest BCUT2D eigenvalue weighted by Crippen LogP contribution is -2.01. The van der Waals surface area contributed by atoms with Crippen molar-refractivity contribution in [2.75, 3.05) is 0 Å². The predicted octanol–water partition coefficient (Wildman–Crippen LogP) is 4.65. The van der Waals surface area contributed by atoms with Gasteiger partial charge in [-0.3, -0.25) is 4.57 Å². The Morgan fingerprint density at radius 2 is 1.38 bits per heavy atom. The molecule has 4 heteroatoms. The Balaban J connectivity index is 2.63. The van der Waals surface area contributed by atoms with Crippen LogP contribution in [0.1, 0.15) is 0 Å². The lowest BCUT2D eigenvalue weighted by atomic mass is 10.1. The number of hydrogen-bond donors (Lipinski definition) is 0. The van der Waals surface area contributed by atoms with E-state index in [0.29, 0.717) is 5.30 Å². The van der Waals surface area contributed by atoms with Gasteiger partial charge in [-0.05, 0) is 39.7 Å². The van der Waals surface area contributed by atoms with E-state index in [0.717, 1.165) is 11.1 Å². The van der Waals surface area contributed by atoms with E-state index in [4.69, 9.17) is 22.5 Å². The molecule has 2 aromatic rings. The zero-order valence-corrected chi connectivity index (χ0v) is 10.7. The zero-order chi connectivity index (χ0) is 11.6. The van der Waals surface area contributed by atoms with Crippen molar-refractivity contribution in [3.63, 3.8) is 0 Å². The monoisotopic (exact) mass is 270 g/mol. The number of rotatable bonds is 2. The van der Waals surface area contributed by atoms with Crippen LogP contribution in [0.25, 0.3) is 11.1 Å². The third-order valence-electron chi connectivity index (χ3n) is 2.27. The summed E-state index contributed by atoms with van der Waals surface area (Å²) in [6, 6.07) is 16.8. The van der Waals surface area contributed by atoms with E-state index >= 15 is 0 Å². The molecular formula is C12H9Cl2OP. The maximum atomic E-state index is 11.7. The molecule has 0 aliphatic heterocycles. The fraction of sp³-hybridized carbons (Fsp3) is 0. The summed E-state index contributed by atoms with van der Waals surface area (Å²) in [5.74, 6) is -3.28. The standard InChI is InChI=1S/C12H9Cl2OP/c13-16(14,15)12-9-5-4-8-11(12)10-6-2-1-3-7-10/h1-9H. The van der Waals surface area contributed by atoms with Crippen LogP contribution in [0.2, 0.25) is 0 Å². The van der Waals surface area contributed by atoms with Gasteiger partial charge in [0.05, 0.1) is 0 Å². The van der Waals surface area contributed by atoms with Crippen LogP contribution in [0.3, 0.4) is 0 Å². The van der Waals surface area contributed by atoms with Gasteiger partial charge >= 0.3 is 0 Å². The molecular weight excluding hydrogens is 262 g/mol. The molecule has 0 aromatic heterocycles. The highest BCUT2D eigenvalue weighted by molar-refractivity contribution is 8.13. The average Bonchev–Trinajstić information content (AvgIpc) is 2.29. The Kier molecular flexibility index (Phi) is 3.39. The van der Waals surface area contributed by atoms with Crippen LogP contribution < -0.4 is 5.30 Å². The summed E-state index contributed by atoms with van der Waals surface area (Å²) in [4.78, 5) is 0. The predicted molar refractivity (Wildman–Crippen MR) is 70.8 cm³/mol. The molecule has 0 saturated carbocycles. The van der Waals surface area contributed by atoms with Crippen molar-refractivity contribution in [2.24, 2.45) is 0 Å². The highest BCUT2D eigenvalue weighted by Crippen LogP contribution is 2.56. The minimum atomic E-state index is -3.28. The SMILES string of the molecule is O=P(Cl)(Cl)c1ccccc1-c1ccccc1. The Morgan fingerprint density at radius 1 is 0.812 bits per heavy atom. The molecule has 0 atom stereocenters. The summed E-state index contributed by atoms with van der Waals surface area (Å²) in [5, 5.41) is 0.490. The summed E-state index contributed by atoms with van der Waals surface area (Å²) < 4.78 is 11.7. The maximum absolute atomic E-state index is 11.7. The fourth-order valence-electron chi connectivity index (χ4n) is 1.56. The van der Waals surface area contributed by atoms with Crippen LogP contribution >= 0.6 is 28.3 Å². The highest BCUT2D eigenvalue weighted by atomic mass is 35.9. The molecule has 1 nitrogen and oxygen atoms in total. The van der Waals surface area contributed by atoms with Crippen molar-refractivity contribution in [1.29, 1.82) is 0 Å². The lowest BCUT2D eigenvalue weighted by molar-refractivity contribution is 0.597. The summed E-state index contributed by atoms with van der Waals surface area (Å²) in [7, 11) is 0. The minimum Gasteiger partial charge on any atom is -0.284 e. The molecule has 0 amide bonds. The summed E-state index contributed by atoms with van der Waals surface area (Å²) in [6.45, 7) is 0. The first kappa shape index (κ1) is 11.7. The Labute approximate surface area is 104 Å². The topological polar surface area (TPSA) is 17.1 Å². The van der Waals surface area contributed by atoms with Gasteiger partial charge in [0, 0.05) is 5.30 Å². The number of halogens is 2. The molecule has 0 heterocycles. The van der Waals surface area contributed by atoms with Crippen LogP contribution in [-0.4, -0.2) is 0 Å². The molecule has 16 heavy (non-hydrogen) atoms. The molecule has 0 saturated heterocycles. The van der Waals surface area contributed by atoms with E-state index in [1.54, 1.807) is 12.1 Å². The van der Waals surface area contributed by atoms with Crippen LogP contribution in [0.5, 0.6) is 0 Å². The third kappa shape index (κ3) is 2.49. The second-order valence-electron chi connectivity index (χ2n) is 3.35. The van der Waals surface area contributed by atoms with Crippen LogP contribution in [0.4, 0.5) is 0 Å². The van der Waals surface area contributed by atoms with E-state index in [2.05, 4.69) is 0 Å². The fourth-order valence-corrected chi connectivity index (χ4v) is 3.19. The first-order chi connectivity index (χ1) is 7.59. The van der Waals surface area contributed by atoms with E-state index in [-0.39, 0.29) is 0 Å². The molecule has 0 spiro atoms. The Bertz CT molecular complexity index is 534. The van der Waals surface area contributed by atoms with Gasteiger partial charge in [-0.15, -0.1) is 0 Å². The molecule has 0 aliphatic rings. The van der Waals surface area contributed by atoms with Crippen molar-refractivity contribution in [3.05, 3.63) is 54.6 Å². The molecule has 0 N–H and O–H groups in total. The second-order valence-corrected chi connectivity index (χ2v) is 8.13. The maximum Gasteiger partial charge on any atom is 0.282 e. The summed E-state index contributed by atoms with van der Waals surface area (Å²) in [5.41, 5.74) is 1.77. The minimum absolute atomic E-state index is 0.490. The van der Waals surface area contributed by atoms with Crippen LogP contribution in [0.15, 0.2) is 54.6 Å². The summed E-state index contributed by atoms with van der Waals surface area (Å²) >= 11 is 11.5. The second kappa shape index (κ2) is 4.63. The molecule has 82 valence electrons. The van der Waals surface area contributed by atoms with Crippen molar-refractivity contribution < 1.29 is 4.57 Å². The normalized spacial score (nSPS) is 11.4. The molecule has 0 aliphatic carbocycles. The smallest absolute Gasteiger partial charge is 0.282 e. The van der Waals surface area contributed by atoms with Gasteiger partial charge in [0.15, 0.2) is 0 Å². The first-order valence-corrected chi connectivity index (χ1v) is 8.25. The van der Waals surface area contributed by atoms with E-state index in [9.17, 15) is 4.57 Å². The van der Waals surface area contributed by atoms with Gasteiger partial charge in [0.25, 0.3) is 5.85 Å². The lowest BCUT2D eigenvalue weighted by Gasteiger charge is -2.09. The van der Waals surface area contributed by atoms with Gasteiger partial charge < -0.3 is 0 Å². The Morgan fingerprint density at radius 3 is 2.00 bits per heavy atom. The van der Waals surface area contributed by atoms with Gasteiger partial charge in [-0.1, -0.05) is 48.5 Å². The first-order valence-electron chi connectivity index (χ1n) is 4.73. The molecule has 0 radical (unpaired) electrons. The molecule has 2 rings (SSSR count). The summed E-state index contributed by atoms with van der Waals surface area (Å²) in [6.07, 6.45) is 0. The average molecular weight is 271 g/mol. The van der Waals surface area contributed by atoms with E-state index in [1.165, 1.54) is 0 Å². The largest absolute Gasteiger partial charge is 0.284 e. The Hall–Kier alpha value is -0.750. The quantitative estimate of drug-likeness (QED) is 0.726. The van der Waals surface area contributed by atoms with Gasteiger partial charge in [0.2, 0.25) is 0 Å². The van der Waals surface area contributed by atoms with Gasteiger partial charge in [-0.2, -0.15) is 0 Å². The van der Waals surface area contributed by atoms with Crippen molar-refractivity contribution >= 4 is 33.6 Å². The van der Waals surface area contributed by atoms with Gasteiger partial charge in [0.1, 0.15) is 0 Å². The van der Waals surface area contributed by atoms with Crippen LogP contribution in [0, 0.1) is 0 Å². The zero-order valence-electron chi connectivity index (χ0n) is 8.31. The van der Waals surface area contributed by atoms with Crippen molar-refractivity contribution in [3.8, 4) is 11.1 Å². The van der Waals surface area contributed by atoms with E-state index in [1.807, 2.05) is 42.5 Å². The molecule has 2 aromatic carbocycles. The van der Waals surface area contributed by atoms with Gasteiger partial charge in [-0.25, -0.2) is 0 Å². The van der Waals surface area contributed by atoms with Crippen LogP contribution in [-0.2, 0) is 4.57 Å². The third-order valence-corrected chi connectivity index (χ3v) is 4.31. The molecule has 0 bridgehead atoms. The van der Waals surface area contributed by atoms with Crippen molar-refractivity contribution in [1.82, 2.24) is 0 Å².